The van der Waals surface area contributed by atoms with Crippen molar-refractivity contribution in [2.24, 2.45) is 0 Å². The summed E-state index contributed by atoms with van der Waals surface area (Å²) in [6, 6.07) is 3.25. The van der Waals surface area contributed by atoms with E-state index in [9.17, 15) is 10.0 Å². The van der Waals surface area contributed by atoms with Gasteiger partial charge in [0, 0.05) is 12.6 Å². The summed E-state index contributed by atoms with van der Waals surface area (Å²) in [7, 11) is 0. The maximum absolute atomic E-state index is 11.9. The van der Waals surface area contributed by atoms with Crippen LogP contribution < -0.4 is 10.0 Å². The minimum absolute atomic E-state index is 0.162. The second kappa shape index (κ2) is 15.7. The highest BCUT2D eigenvalue weighted by Crippen LogP contribution is 2.12. The van der Waals surface area contributed by atoms with E-state index in [1.165, 1.54) is 89.4 Å². The Morgan fingerprint density at radius 2 is 1.38 bits per heavy atom. The van der Waals surface area contributed by atoms with Crippen LogP contribution in [0.1, 0.15) is 107 Å². The van der Waals surface area contributed by atoms with Crippen molar-refractivity contribution < 1.29 is 9.52 Å². The maximum Gasteiger partial charge on any atom is 0.257 e. The molecule has 1 aromatic rings. The third-order valence-electron chi connectivity index (χ3n) is 4.85. The van der Waals surface area contributed by atoms with Crippen LogP contribution >= 0.6 is 0 Å². The number of carbonyl (C=O) groups excluding carboxylic acids is 1. The molecule has 26 heavy (non-hydrogen) atoms. The lowest BCUT2D eigenvalue weighted by molar-refractivity contribution is -0.605. The molecule has 1 N–H and O–H groups in total. The van der Waals surface area contributed by atoms with Crippen LogP contribution in [0.4, 0.5) is 0 Å². The van der Waals surface area contributed by atoms with E-state index in [1.807, 2.05) is 0 Å². The van der Waals surface area contributed by atoms with Gasteiger partial charge in [-0.15, -0.1) is 0 Å². The molecule has 0 fully saturated rings. The first-order valence-corrected chi connectivity index (χ1v) is 10.7. The van der Waals surface area contributed by atoms with Crippen molar-refractivity contribution in [1.82, 2.24) is 5.32 Å². The van der Waals surface area contributed by atoms with Gasteiger partial charge in [0.25, 0.3) is 5.91 Å². The molecule has 0 atom stereocenters. The van der Waals surface area contributed by atoms with Gasteiger partial charge in [-0.2, -0.15) is 4.73 Å². The monoisotopic (exact) mass is 362 g/mol. The Morgan fingerprint density at radius 3 is 1.88 bits per heavy atom. The highest BCUT2D eigenvalue weighted by molar-refractivity contribution is 5.93. The van der Waals surface area contributed by atoms with E-state index < -0.39 is 0 Å². The highest BCUT2D eigenvalue weighted by atomic mass is 16.5. The minimum Gasteiger partial charge on any atom is -0.619 e. The van der Waals surface area contributed by atoms with Crippen LogP contribution in [0.5, 0.6) is 0 Å². The van der Waals surface area contributed by atoms with Crippen molar-refractivity contribution in [3.63, 3.8) is 0 Å². The molecule has 0 saturated carbocycles. The predicted octanol–water partition coefficient (Wildman–Crippen LogP) is 5.53. The Kier molecular flexibility index (Phi) is 13.5. The van der Waals surface area contributed by atoms with Gasteiger partial charge in [-0.3, -0.25) is 4.79 Å². The molecule has 0 aliphatic heterocycles. The first-order valence-electron chi connectivity index (χ1n) is 10.7. The van der Waals surface area contributed by atoms with Crippen molar-refractivity contribution in [1.29, 1.82) is 0 Å². The third-order valence-corrected chi connectivity index (χ3v) is 4.85. The summed E-state index contributed by atoms with van der Waals surface area (Å²) in [5.74, 6) is -0.162. The molecule has 148 valence electrons. The first-order chi connectivity index (χ1) is 12.7. The van der Waals surface area contributed by atoms with Crippen molar-refractivity contribution in [2.75, 3.05) is 6.54 Å². The van der Waals surface area contributed by atoms with Gasteiger partial charge in [0.05, 0.1) is 0 Å². The largest absolute Gasteiger partial charge is 0.619 e. The quantitative estimate of drug-likeness (QED) is 0.239. The zero-order chi connectivity index (χ0) is 18.9. The average molecular weight is 363 g/mol. The van der Waals surface area contributed by atoms with Crippen molar-refractivity contribution in [2.45, 2.75) is 96.8 Å². The average Bonchev–Trinajstić information content (AvgIpc) is 2.64. The lowest BCUT2D eigenvalue weighted by atomic mass is 10.0. The van der Waals surface area contributed by atoms with Crippen LogP contribution in [0.2, 0.25) is 0 Å². The van der Waals surface area contributed by atoms with Crippen molar-refractivity contribution in [3.8, 4) is 0 Å². The van der Waals surface area contributed by atoms with Gasteiger partial charge < -0.3 is 10.5 Å². The number of carbonyl (C=O) groups is 1. The summed E-state index contributed by atoms with van der Waals surface area (Å²) in [4.78, 5) is 11.9. The van der Waals surface area contributed by atoms with Crippen LogP contribution in [0, 0.1) is 5.21 Å². The number of unbranched alkanes of at least 4 members (excludes halogenated alkanes) is 13. The number of aromatic nitrogens is 1. The molecule has 0 bridgehead atoms. The van der Waals surface area contributed by atoms with Crippen LogP contribution in [0.15, 0.2) is 24.5 Å². The van der Waals surface area contributed by atoms with Crippen LogP contribution in [0.3, 0.4) is 0 Å². The van der Waals surface area contributed by atoms with E-state index in [0.717, 1.165) is 12.8 Å². The zero-order valence-corrected chi connectivity index (χ0v) is 16.7. The van der Waals surface area contributed by atoms with Gasteiger partial charge >= 0.3 is 0 Å². The Bertz CT molecular complexity index is 477. The molecule has 4 heteroatoms. The molecular weight excluding hydrogens is 324 g/mol. The smallest absolute Gasteiger partial charge is 0.257 e. The summed E-state index contributed by atoms with van der Waals surface area (Å²) in [5.41, 5.74) is 0.424. The molecule has 1 aromatic heterocycles. The number of pyridine rings is 1. The number of rotatable bonds is 16. The molecule has 0 aliphatic rings. The van der Waals surface area contributed by atoms with Crippen molar-refractivity contribution in [3.05, 3.63) is 35.3 Å². The van der Waals surface area contributed by atoms with E-state index in [0.29, 0.717) is 16.8 Å². The molecule has 0 aliphatic carbocycles. The number of amides is 1. The van der Waals surface area contributed by atoms with Gasteiger partial charge in [0.2, 0.25) is 0 Å². The van der Waals surface area contributed by atoms with E-state index >= 15 is 0 Å². The molecular formula is C22H38N2O2. The fourth-order valence-electron chi connectivity index (χ4n) is 3.21. The van der Waals surface area contributed by atoms with E-state index in [2.05, 4.69) is 12.2 Å². The number of hydrogen-bond acceptors (Lipinski definition) is 2. The molecule has 0 aromatic carbocycles. The number of nitrogens with zero attached hydrogens (tertiary/aromatic N) is 1. The van der Waals surface area contributed by atoms with Crippen LogP contribution in [0.25, 0.3) is 0 Å². The molecule has 0 unspecified atom stereocenters. The molecule has 0 spiro atoms. The van der Waals surface area contributed by atoms with E-state index in [1.54, 1.807) is 12.1 Å². The summed E-state index contributed by atoms with van der Waals surface area (Å²) in [6.07, 6.45) is 21.3. The Hall–Kier alpha value is -1.58. The highest BCUT2D eigenvalue weighted by Gasteiger charge is 2.07. The lowest BCUT2D eigenvalue weighted by Crippen LogP contribution is -2.30. The molecule has 1 rings (SSSR count). The topological polar surface area (TPSA) is 56.0 Å². The van der Waals surface area contributed by atoms with Gasteiger partial charge in [-0.25, -0.2) is 0 Å². The van der Waals surface area contributed by atoms with Gasteiger partial charge in [0.15, 0.2) is 12.4 Å². The fraction of sp³-hybridized carbons (Fsp3) is 0.727. The van der Waals surface area contributed by atoms with Crippen molar-refractivity contribution >= 4 is 5.91 Å². The second-order valence-corrected chi connectivity index (χ2v) is 7.30. The van der Waals surface area contributed by atoms with Gasteiger partial charge in [-0.1, -0.05) is 90.4 Å². The maximum atomic E-state index is 11.9. The normalized spacial score (nSPS) is 10.8. The zero-order valence-electron chi connectivity index (χ0n) is 16.7. The van der Waals surface area contributed by atoms with Gasteiger partial charge in [-0.05, 0) is 12.5 Å². The van der Waals surface area contributed by atoms with E-state index in [-0.39, 0.29) is 5.91 Å². The third kappa shape index (κ3) is 11.9. The van der Waals surface area contributed by atoms with Gasteiger partial charge in [0.1, 0.15) is 5.56 Å². The van der Waals surface area contributed by atoms with Crippen LogP contribution in [-0.2, 0) is 0 Å². The predicted molar refractivity (Wildman–Crippen MR) is 108 cm³/mol. The summed E-state index contributed by atoms with van der Waals surface area (Å²) >= 11 is 0. The molecule has 0 saturated heterocycles. The van der Waals surface area contributed by atoms with Crippen LogP contribution in [-0.4, -0.2) is 12.5 Å². The van der Waals surface area contributed by atoms with E-state index in [4.69, 9.17) is 0 Å². The second-order valence-electron chi connectivity index (χ2n) is 7.30. The SMILES string of the molecule is CCCCCCCCCCCCCCCCNC(=O)c1ccc[n+]([O-])c1. The number of hydrogen-bond donors (Lipinski definition) is 1. The Balaban J connectivity index is 1.83. The molecule has 1 heterocycles. The summed E-state index contributed by atoms with van der Waals surface area (Å²) in [6.45, 7) is 2.95. The Labute approximate surface area is 160 Å². The summed E-state index contributed by atoms with van der Waals surface area (Å²) < 4.78 is 0.654. The fourth-order valence-corrected chi connectivity index (χ4v) is 3.21. The first kappa shape index (κ1) is 22.5. The minimum atomic E-state index is -0.162. The number of nitrogens with one attached hydrogen (secondary N) is 1. The summed E-state index contributed by atoms with van der Waals surface area (Å²) in [5, 5.41) is 14.0. The Morgan fingerprint density at radius 1 is 0.885 bits per heavy atom. The molecule has 1 amide bonds. The standard InChI is InChI=1S/C22H38N2O2/c1-2-3-4-5-6-7-8-9-10-11-12-13-14-15-18-23-22(25)21-17-16-19-24(26)20-21/h16-17,19-20H,2-15,18H2,1H3,(H,23,25). The molecule has 4 nitrogen and oxygen atoms in total. The lowest BCUT2D eigenvalue weighted by Gasteiger charge is -2.05. The molecule has 0 radical (unpaired) electrons.